The molecule has 0 bridgehead atoms. The molecule has 35 heavy (non-hydrogen) atoms. The first kappa shape index (κ1) is 24.3. The summed E-state index contributed by atoms with van der Waals surface area (Å²) in [7, 11) is 4.60. The van der Waals surface area contributed by atoms with E-state index in [2.05, 4.69) is 4.99 Å². The van der Waals surface area contributed by atoms with Crippen molar-refractivity contribution in [3.63, 3.8) is 0 Å². The predicted octanol–water partition coefficient (Wildman–Crippen LogP) is 2.82. The molecule has 2 heterocycles. The maximum Gasteiger partial charge on any atom is 0.338 e. The summed E-state index contributed by atoms with van der Waals surface area (Å²) in [6, 6.07) is 12.3. The molecule has 0 spiro atoms. The Hall–Kier alpha value is -3.85. The average Bonchev–Trinajstić information content (AvgIpc) is 3.17. The first-order chi connectivity index (χ1) is 16.9. The van der Waals surface area contributed by atoms with Gasteiger partial charge in [0.1, 0.15) is 0 Å². The molecule has 0 aliphatic carbocycles. The third-order valence-corrected chi connectivity index (χ3v) is 6.64. The van der Waals surface area contributed by atoms with Crippen molar-refractivity contribution in [3.8, 4) is 17.2 Å². The smallest absolute Gasteiger partial charge is 0.338 e. The lowest BCUT2D eigenvalue weighted by Gasteiger charge is -2.24. The summed E-state index contributed by atoms with van der Waals surface area (Å²) >= 11 is 1.24. The predicted molar refractivity (Wildman–Crippen MR) is 133 cm³/mol. The van der Waals surface area contributed by atoms with Gasteiger partial charge in [0.25, 0.3) is 5.56 Å². The van der Waals surface area contributed by atoms with Crippen LogP contribution in [0.1, 0.15) is 31.0 Å². The monoisotopic (exact) mass is 494 g/mol. The van der Waals surface area contributed by atoms with Crippen LogP contribution in [0.5, 0.6) is 17.2 Å². The number of ether oxygens (including phenoxy) is 4. The van der Waals surface area contributed by atoms with Crippen molar-refractivity contribution in [2.45, 2.75) is 19.9 Å². The Morgan fingerprint density at radius 3 is 2.40 bits per heavy atom. The van der Waals surface area contributed by atoms with Crippen LogP contribution in [0.4, 0.5) is 0 Å². The van der Waals surface area contributed by atoms with Gasteiger partial charge in [-0.05, 0) is 37.6 Å². The second-order valence-electron chi connectivity index (χ2n) is 7.64. The fourth-order valence-electron chi connectivity index (χ4n) is 4.12. The molecule has 4 rings (SSSR count). The van der Waals surface area contributed by atoms with Crippen molar-refractivity contribution < 1.29 is 23.7 Å². The summed E-state index contributed by atoms with van der Waals surface area (Å²) in [6.45, 7) is 3.73. The van der Waals surface area contributed by atoms with Gasteiger partial charge in [0.15, 0.2) is 16.3 Å². The number of carbonyl (C=O) groups excluding carboxylic acids is 1. The summed E-state index contributed by atoms with van der Waals surface area (Å²) in [5.74, 6) is 0.903. The van der Waals surface area contributed by atoms with Crippen LogP contribution in [0.25, 0.3) is 6.08 Å². The summed E-state index contributed by atoms with van der Waals surface area (Å²) in [6.07, 6.45) is 1.73. The van der Waals surface area contributed by atoms with Gasteiger partial charge in [0.2, 0.25) is 5.75 Å². The topological polar surface area (TPSA) is 88.4 Å². The van der Waals surface area contributed by atoms with Crippen LogP contribution in [0.3, 0.4) is 0 Å². The zero-order valence-electron chi connectivity index (χ0n) is 20.2. The van der Waals surface area contributed by atoms with Gasteiger partial charge < -0.3 is 18.9 Å². The zero-order chi connectivity index (χ0) is 25.1. The number of hydrogen-bond donors (Lipinski definition) is 0. The van der Waals surface area contributed by atoms with Gasteiger partial charge in [-0.15, -0.1) is 0 Å². The fraction of sp³-hybridized carbons (Fsp3) is 0.269. The summed E-state index contributed by atoms with van der Waals surface area (Å²) in [4.78, 5) is 31.7. The Morgan fingerprint density at radius 2 is 1.77 bits per heavy atom. The number of rotatable bonds is 7. The van der Waals surface area contributed by atoms with Crippen molar-refractivity contribution in [1.82, 2.24) is 4.57 Å². The minimum atomic E-state index is -0.652. The molecule has 2 aromatic carbocycles. The molecule has 0 N–H and O–H groups in total. The molecule has 1 aromatic heterocycles. The molecule has 1 atom stereocenters. The van der Waals surface area contributed by atoms with E-state index in [1.54, 1.807) is 43.7 Å². The molecule has 0 fully saturated rings. The molecular formula is C26H26N2O6S. The number of aromatic nitrogens is 1. The lowest BCUT2D eigenvalue weighted by molar-refractivity contribution is -0.139. The Balaban J connectivity index is 1.96. The van der Waals surface area contributed by atoms with Crippen LogP contribution < -0.4 is 29.1 Å². The molecule has 1 aliphatic rings. The highest BCUT2D eigenvalue weighted by molar-refractivity contribution is 7.07. The van der Waals surface area contributed by atoms with Crippen molar-refractivity contribution in [3.05, 3.63) is 84.5 Å². The molecule has 9 heteroatoms. The van der Waals surface area contributed by atoms with Crippen molar-refractivity contribution in [2.75, 3.05) is 27.9 Å². The van der Waals surface area contributed by atoms with Crippen LogP contribution >= 0.6 is 11.3 Å². The van der Waals surface area contributed by atoms with Gasteiger partial charge in [0, 0.05) is 5.56 Å². The zero-order valence-corrected chi connectivity index (χ0v) is 21.0. The minimum Gasteiger partial charge on any atom is -0.493 e. The fourth-order valence-corrected chi connectivity index (χ4v) is 5.16. The van der Waals surface area contributed by atoms with Gasteiger partial charge >= 0.3 is 5.97 Å². The largest absolute Gasteiger partial charge is 0.493 e. The molecule has 0 saturated heterocycles. The number of hydrogen-bond acceptors (Lipinski definition) is 8. The standard InChI is InChI=1S/C26H26N2O6S/c1-6-34-25(30)20-15(2)27-26-28(21(20)16-10-8-7-9-11-16)24(29)19(35-26)14-17-12-13-18(31-3)23(33-5)22(17)32-4/h7-14,21H,6H2,1-5H3/b19-14-/t21-/m0/s1. The molecule has 3 aromatic rings. The third kappa shape index (κ3) is 4.35. The maximum absolute atomic E-state index is 13.7. The number of carbonyl (C=O) groups is 1. The summed E-state index contributed by atoms with van der Waals surface area (Å²) in [5.41, 5.74) is 2.04. The molecule has 0 saturated carbocycles. The quantitative estimate of drug-likeness (QED) is 0.470. The Morgan fingerprint density at radius 1 is 1.06 bits per heavy atom. The first-order valence-electron chi connectivity index (χ1n) is 11.0. The lowest BCUT2D eigenvalue weighted by atomic mass is 9.96. The normalized spacial score (nSPS) is 15.3. The van der Waals surface area contributed by atoms with E-state index in [-0.39, 0.29) is 12.2 Å². The Kier molecular flexibility index (Phi) is 7.07. The third-order valence-electron chi connectivity index (χ3n) is 5.65. The average molecular weight is 495 g/mol. The van der Waals surface area contributed by atoms with Crippen molar-refractivity contribution >= 4 is 23.4 Å². The van der Waals surface area contributed by atoms with Gasteiger partial charge in [0.05, 0.1) is 49.8 Å². The Bertz CT molecular complexity index is 1470. The van der Waals surface area contributed by atoms with E-state index in [9.17, 15) is 9.59 Å². The first-order valence-corrected chi connectivity index (χ1v) is 11.8. The number of allylic oxidation sites excluding steroid dienone is 1. The number of nitrogens with zero attached hydrogens (tertiary/aromatic N) is 2. The molecule has 0 radical (unpaired) electrons. The highest BCUT2D eigenvalue weighted by Crippen LogP contribution is 2.40. The van der Waals surface area contributed by atoms with Gasteiger partial charge in [-0.1, -0.05) is 41.7 Å². The number of methoxy groups -OCH3 is 3. The second kappa shape index (κ2) is 10.2. The van der Waals surface area contributed by atoms with E-state index in [0.717, 1.165) is 5.56 Å². The van der Waals surface area contributed by atoms with Gasteiger partial charge in [-0.2, -0.15) is 0 Å². The molecule has 1 aliphatic heterocycles. The Labute approximate surface area is 206 Å². The van der Waals surface area contributed by atoms with E-state index >= 15 is 0 Å². The van der Waals surface area contributed by atoms with E-state index in [0.29, 0.717) is 43.4 Å². The van der Waals surface area contributed by atoms with E-state index in [4.69, 9.17) is 18.9 Å². The van der Waals surface area contributed by atoms with Crippen molar-refractivity contribution in [2.24, 2.45) is 4.99 Å². The number of benzene rings is 2. The van der Waals surface area contributed by atoms with Gasteiger partial charge in [-0.3, -0.25) is 9.36 Å². The number of esters is 1. The van der Waals surface area contributed by atoms with E-state index in [1.165, 1.54) is 25.6 Å². The van der Waals surface area contributed by atoms with E-state index < -0.39 is 12.0 Å². The van der Waals surface area contributed by atoms with Crippen molar-refractivity contribution in [1.29, 1.82) is 0 Å². The maximum atomic E-state index is 13.7. The second-order valence-corrected chi connectivity index (χ2v) is 8.65. The molecular weight excluding hydrogens is 468 g/mol. The molecule has 182 valence electrons. The number of fused-ring (bicyclic) bond motifs is 1. The summed E-state index contributed by atoms with van der Waals surface area (Å²) in [5, 5.41) is 0. The molecule has 0 unspecified atom stereocenters. The highest BCUT2D eigenvalue weighted by Gasteiger charge is 2.33. The summed E-state index contributed by atoms with van der Waals surface area (Å²) < 4.78 is 23.7. The number of thiazole rings is 1. The van der Waals surface area contributed by atoms with Crippen LogP contribution in [-0.4, -0.2) is 38.5 Å². The molecule has 8 nitrogen and oxygen atoms in total. The van der Waals surface area contributed by atoms with Crippen LogP contribution in [0, 0.1) is 0 Å². The minimum absolute atomic E-state index is 0.223. The van der Waals surface area contributed by atoms with Crippen LogP contribution in [0.2, 0.25) is 0 Å². The van der Waals surface area contributed by atoms with Crippen LogP contribution in [-0.2, 0) is 9.53 Å². The SMILES string of the molecule is CCOC(=O)C1=C(C)N=c2s/c(=C\c3ccc(OC)c(OC)c3OC)c(=O)n2[C@H]1c1ccccc1. The van der Waals surface area contributed by atoms with Gasteiger partial charge in [-0.25, -0.2) is 9.79 Å². The molecule has 0 amide bonds. The van der Waals surface area contributed by atoms with E-state index in [1.807, 2.05) is 30.3 Å². The lowest BCUT2D eigenvalue weighted by Crippen LogP contribution is -2.39. The highest BCUT2D eigenvalue weighted by atomic mass is 32.1. The van der Waals surface area contributed by atoms with Crippen LogP contribution in [0.15, 0.2) is 63.5 Å².